The number of hydrogen-bond acceptors (Lipinski definition) is 3. The zero-order chi connectivity index (χ0) is 11.5. The zero-order valence-electron chi connectivity index (χ0n) is 8.45. The fourth-order valence-corrected chi connectivity index (χ4v) is 3.06. The molecule has 0 amide bonds. The molecular formula is C9H12BrNO3S. The minimum absolute atomic E-state index is 0.168. The van der Waals surface area contributed by atoms with Crippen molar-refractivity contribution in [2.24, 2.45) is 0 Å². The first-order valence-electron chi connectivity index (χ1n) is 4.37. The summed E-state index contributed by atoms with van der Waals surface area (Å²) in [6, 6.07) is 4.99. The van der Waals surface area contributed by atoms with E-state index >= 15 is 0 Å². The van der Waals surface area contributed by atoms with E-state index < -0.39 is 10.0 Å². The Hall–Kier alpha value is -0.430. The Morgan fingerprint density at radius 3 is 2.67 bits per heavy atom. The molecule has 6 heteroatoms. The summed E-state index contributed by atoms with van der Waals surface area (Å²) in [4.78, 5) is 6.87. The van der Waals surface area contributed by atoms with Gasteiger partial charge in [-0.1, -0.05) is 11.0 Å². The molecule has 0 fully saturated rings. The molecule has 0 atom stereocenters. The highest BCUT2D eigenvalue weighted by atomic mass is 79.9. The normalized spacial score (nSPS) is 11.7. The zero-order valence-corrected chi connectivity index (χ0v) is 10.9. The van der Waals surface area contributed by atoms with Crippen molar-refractivity contribution in [3.8, 4) is 0 Å². The minimum atomic E-state index is -3.59. The van der Waals surface area contributed by atoms with E-state index in [0.717, 1.165) is 5.56 Å². The van der Waals surface area contributed by atoms with Crippen LogP contribution in [-0.2, 0) is 14.9 Å². The van der Waals surface area contributed by atoms with E-state index in [-0.39, 0.29) is 11.5 Å². The van der Waals surface area contributed by atoms with Crippen molar-refractivity contribution in [2.45, 2.75) is 18.7 Å². The molecule has 84 valence electrons. The smallest absolute Gasteiger partial charge is 0.263 e. The largest absolute Gasteiger partial charge is 0.287 e. The standard InChI is InChI=1S/C9H12BrNO3S/c1-3-14-11-15(12,13)9-5-4-7(2)6-8(9)10/h4-6,11H,3H2,1-2H3. The molecule has 4 nitrogen and oxygen atoms in total. The van der Waals surface area contributed by atoms with Crippen LogP contribution in [0.25, 0.3) is 0 Å². The van der Waals surface area contributed by atoms with Crippen LogP contribution in [0, 0.1) is 6.92 Å². The Bertz CT molecular complexity index is 445. The first-order chi connectivity index (χ1) is 6.97. The molecule has 0 bridgehead atoms. The molecule has 0 aliphatic carbocycles. The molecule has 1 rings (SSSR count). The maximum absolute atomic E-state index is 11.7. The van der Waals surface area contributed by atoms with Gasteiger partial charge in [0, 0.05) is 4.47 Å². The molecule has 15 heavy (non-hydrogen) atoms. The lowest BCUT2D eigenvalue weighted by Gasteiger charge is -2.07. The van der Waals surface area contributed by atoms with Gasteiger partial charge in [0.1, 0.15) is 0 Å². The molecule has 0 saturated heterocycles. The minimum Gasteiger partial charge on any atom is -0.287 e. The summed E-state index contributed by atoms with van der Waals surface area (Å²) >= 11 is 3.20. The number of hydrogen-bond donors (Lipinski definition) is 1. The van der Waals surface area contributed by atoms with Crippen molar-refractivity contribution in [3.63, 3.8) is 0 Å². The lowest BCUT2D eigenvalue weighted by Crippen LogP contribution is -2.24. The quantitative estimate of drug-likeness (QED) is 0.864. The Kier molecular flexibility index (Phi) is 4.27. The van der Waals surface area contributed by atoms with Crippen LogP contribution < -0.4 is 4.89 Å². The van der Waals surface area contributed by atoms with Crippen molar-refractivity contribution in [1.29, 1.82) is 0 Å². The van der Waals surface area contributed by atoms with Gasteiger partial charge in [0.15, 0.2) is 0 Å². The molecule has 1 aromatic rings. The van der Waals surface area contributed by atoms with Gasteiger partial charge in [-0.3, -0.25) is 4.84 Å². The molecular weight excluding hydrogens is 282 g/mol. The molecule has 0 aliphatic heterocycles. The SMILES string of the molecule is CCONS(=O)(=O)c1ccc(C)cc1Br. The molecule has 0 unspecified atom stereocenters. The van der Waals surface area contributed by atoms with Crippen LogP contribution in [-0.4, -0.2) is 15.0 Å². The highest BCUT2D eigenvalue weighted by Crippen LogP contribution is 2.22. The van der Waals surface area contributed by atoms with E-state index in [1.807, 2.05) is 11.8 Å². The third kappa shape index (κ3) is 3.27. The second kappa shape index (κ2) is 5.07. The second-order valence-electron chi connectivity index (χ2n) is 2.95. The first kappa shape index (κ1) is 12.6. The number of rotatable bonds is 4. The van der Waals surface area contributed by atoms with Gasteiger partial charge in [0.25, 0.3) is 10.0 Å². The molecule has 0 spiro atoms. The average molecular weight is 294 g/mol. The summed E-state index contributed by atoms with van der Waals surface area (Å²) < 4.78 is 23.8. The van der Waals surface area contributed by atoms with Crippen LogP contribution in [0.1, 0.15) is 12.5 Å². The van der Waals surface area contributed by atoms with Crippen LogP contribution in [0.15, 0.2) is 27.6 Å². The van der Waals surface area contributed by atoms with Gasteiger partial charge in [-0.15, -0.1) is 0 Å². The van der Waals surface area contributed by atoms with Crippen LogP contribution in [0.5, 0.6) is 0 Å². The van der Waals surface area contributed by atoms with Gasteiger partial charge in [0.05, 0.1) is 11.5 Å². The van der Waals surface area contributed by atoms with Crippen molar-refractivity contribution < 1.29 is 13.3 Å². The van der Waals surface area contributed by atoms with Crippen LogP contribution in [0.3, 0.4) is 0 Å². The van der Waals surface area contributed by atoms with Crippen LogP contribution >= 0.6 is 15.9 Å². The van der Waals surface area contributed by atoms with E-state index in [1.165, 1.54) is 6.07 Å². The van der Waals surface area contributed by atoms with Gasteiger partial charge in [-0.2, -0.15) is 0 Å². The summed E-state index contributed by atoms with van der Waals surface area (Å²) in [6.07, 6.45) is 0. The summed E-state index contributed by atoms with van der Waals surface area (Å²) in [5.41, 5.74) is 0.984. The predicted octanol–water partition coefficient (Wildman–Crippen LogP) is 1.99. The van der Waals surface area contributed by atoms with E-state index in [4.69, 9.17) is 0 Å². The van der Waals surface area contributed by atoms with Crippen molar-refractivity contribution in [2.75, 3.05) is 6.61 Å². The molecule has 0 heterocycles. The fraction of sp³-hybridized carbons (Fsp3) is 0.333. The third-order valence-corrected chi connectivity index (χ3v) is 3.88. The van der Waals surface area contributed by atoms with Crippen LogP contribution in [0.4, 0.5) is 0 Å². The van der Waals surface area contributed by atoms with Crippen LogP contribution in [0.2, 0.25) is 0 Å². The van der Waals surface area contributed by atoms with Gasteiger partial charge < -0.3 is 0 Å². The number of halogens is 1. The van der Waals surface area contributed by atoms with Crippen molar-refractivity contribution in [1.82, 2.24) is 4.89 Å². The van der Waals surface area contributed by atoms with Gasteiger partial charge in [0.2, 0.25) is 0 Å². The molecule has 0 aromatic heterocycles. The Labute approximate surface area is 97.8 Å². The molecule has 0 radical (unpaired) electrons. The van der Waals surface area contributed by atoms with E-state index in [9.17, 15) is 8.42 Å². The topological polar surface area (TPSA) is 55.4 Å². The fourth-order valence-electron chi connectivity index (χ4n) is 1.01. The van der Waals surface area contributed by atoms with Gasteiger partial charge in [-0.25, -0.2) is 8.42 Å². The molecule has 1 aromatic carbocycles. The van der Waals surface area contributed by atoms with Crippen molar-refractivity contribution >= 4 is 26.0 Å². The summed E-state index contributed by atoms with van der Waals surface area (Å²) in [6.45, 7) is 3.87. The Balaban J connectivity index is 3.05. The summed E-state index contributed by atoms with van der Waals surface area (Å²) in [5, 5.41) is 0. The Morgan fingerprint density at radius 1 is 1.47 bits per heavy atom. The molecule has 1 N–H and O–H groups in total. The second-order valence-corrected chi connectivity index (χ2v) is 5.42. The number of nitrogens with one attached hydrogen (secondary N) is 1. The molecule has 0 saturated carbocycles. The Morgan fingerprint density at radius 2 is 2.13 bits per heavy atom. The predicted molar refractivity (Wildman–Crippen MR) is 60.8 cm³/mol. The van der Waals surface area contributed by atoms with E-state index in [2.05, 4.69) is 20.8 Å². The van der Waals surface area contributed by atoms with Gasteiger partial charge >= 0.3 is 0 Å². The average Bonchev–Trinajstić information content (AvgIpc) is 2.14. The highest BCUT2D eigenvalue weighted by molar-refractivity contribution is 9.10. The number of benzene rings is 1. The number of sulfonamides is 1. The van der Waals surface area contributed by atoms with Crippen molar-refractivity contribution in [3.05, 3.63) is 28.2 Å². The summed E-state index contributed by atoms with van der Waals surface area (Å²) in [5.74, 6) is 0. The maximum atomic E-state index is 11.7. The van der Waals surface area contributed by atoms with E-state index in [0.29, 0.717) is 4.47 Å². The van der Waals surface area contributed by atoms with Gasteiger partial charge in [-0.05, 0) is 47.5 Å². The highest BCUT2D eigenvalue weighted by Gasteiger charge is 2.17. The number of aryl methyl sites for hydroxylation is 1. The lowest BCUT2D eigenvalue weighted by atomic mass is 10.2. The molecule has 0 aliphatic rings. The monoisotopic (exact) mass is 293 g/mol. The summed E-state index contributed by atoms with van der Waals surface area (Å²) in [7, 11) is -3.59. The lowest BCUT2D eigenvalue weighted by molar-refractivity contribution is 0.105. The maximum Gasteiger partial charge on any atom is 0.263 e. The van der Waals surface area contributed by atoms with E-state index in [1.54, 1.807) is 19.1 Å². The first-order valence-corrected chi connectivity index (χ1v) is 6.64. The third-order valence-electron chi connectivity index (χ3n) is 1.69.